The molecule has 0 aliphatic heterocycles. The molecule has 3 nitrogen and oxygen atoms in total. The third-order valence-corrected chi connectivity index (χ3v) is 4.32. The molecule has 0 heterocycles. The van der Waals surface area contributed by atoms with Gasteiger partial charge >= 0.3 is 0 Å². The van der Waals surface area contributed by atoms with E-state index in [4.69, 9.17) is 4.74 Å². The number of ether oxygens (including phenoxy) is 1. The first-order valence-corrected chi connectivity index (χ1v) is 8.73. The summed E-state index contributed by atoms with van der Waals surface area (Å²) in [6.07, 6.45) is 0.769. The van der Waals surface area contributed by atoms with E-state index in [-0.39, 0.29) is 5.92 Å². The summed E-state index contributed by atoms with van der Waals surface area (Å²) in [7, 11) is 0. The predicted molar refractivity (Wildman–Crippen MR) is 97.2 cm³/mol. The summed E-state index contributed by atoms with van der Waals surface area (Å²) in [5.41, 5.74) is 2.28. The van der Waals surface area contributed by atoms with Crippen molar-refractivity contribution in [2.75, 3.05) is 0 Å². The van der Waals surface area contributed by atoms with Crippen molar-refractivity contribution in [1.29, 1.82) is 0 Å². The number of rotatable bonds is 9. The maximum atomic E-state index is 10.1. The first-order valence-electron chi connectivity index (χ1n) is 8.73. The Morgan fingerprint density at radius 2 is 1.58 bits per heavy atom. The van der Waals surface area contributed by atoms with Gasteiger partial charge in [-0.15, -0.1) is 0 Å². The zero-order chi connectivity index (χ0) is 17.4. The van der Waals surface area contributed by atoms with Crippen LogP contribution in [0.1, 0.15) is 50.2 Å². The molecule has 0 fully saturated rings. The van der Waals surface area contributed by atoms with Crippen molar-refractivity contribution in [3.8, 4) is 5.75 Å². The van der Waals surface area contributed by atoms with Gasteiger partial charge in [-0.05, 0) is 42.0 Å². The molecule has 0 amide bonds. The second-order valence-corrected chi connectivity index (χ2v) is 6.40. The van der Waals surface area contributed by atoms with E-state index in [1.165, 1.54) is 0 Å². The fraction of sp³-hybridized carbons (Fsp3) is 0.429. The van der Waals surface area contributed by atoms with Crippen LogP contribution in [0.3, 0.4) is 0 Å². The molecule has 0 bridgehead atoms. The summed E-state index contributed by atoms with van der Waals surface area (Å²) in [6.45, 7) is 4.63. The normalized spacial score (nSPS) is 14.8. The summed E-state index contributed by atoms with van der Waals surface area (Å²) >= 11 is 0. The Labute approximate surface area is 144 Å². The van der Waals surface area contributed by atoms with Gasteiger partial charge in [0.2, 0.25) is 0 Å². The van der Waals surface area contributed by atoms with Crippen LogP contribution in [-0.2, 0) is 6.61 Å². The Morgan fingerprint density at radius 3 is 2.21 bits per heavy atom. The van der Waals surface area contributed by atoms with Gasteiger partial charge in [-0.1, -0.05) is 62.7 Å². The van der Waals surface area contributed by atoms with Crippen molar-refractivity contribution in [1.82, 2.24) is 0 Å². The van der Waals surface area contributed by atoms with Gasteiger partial charge in [0.1, 0.15) is 12.4 Å². The van der Waals surface area contributed by atoms with Crippen molar-refractivity contribution in [2.45, 2.75) is 57.8 Å². The molecule has 0 aliphatic carbocycles. The van der Waals surface area contributed by atoms with Crippen LogP contribution in [0, 0.1) is 0 Å². The van der Waals surface area contributed by atoms with Gasteiger partial charge in [-0.3, -0.25) is 0 Å². The SMILES string of the molecule is CCCC(O)C(O)CC(C)c1ccc(OCc2ccccc2)cc1. The number of benzene rings is 2. The van der Waals surface area contributed by atoms with Crippen LogP contribution in [0.5, 0.6) is 5.75 Å². The summed E-state index contributed by atoms with van der Waals surface area (Å²) < 4.78 is 5.79. The molecule has 0 spiro atoms. The van der Waals surface area contributed by atoms with E-state index in [0.29, 0.717) is 19.4 Å². The number of aliphatic hydroxyl groups excluding tert-OH is 2. The molecule has 2 aromatic carbocycles. The van der Waals surface area contributed by atoms with Gasteiger partial charge in [0.25, 0.3) is 0 Å². The van der Waals surface area contributed by atoms with E-state index in [1.807, 2.05) is 61.5 Å². The molecule has 0 saturated heterocycles. The summed E-state index contributed by atoms with van der Waals surface area (Å²) in [5, 5.41) is 19.9. The quantitative estimate of drug-likeness (QED) is 0.722. The third kappa shape index (κ3) is 5.66. The molecule has 2 rings (SSSR count). The molecule has 2 aromatic rings. The number of hydrogen-bond donors (Lipinski definition) is 2. The van der Waals surface area contributed by atoms with Crippen LogP contribution in [0.15, 0.2) is 54.6 Å². The molecule has 3 heteroatoms. The Hall–Kier alpha value is -1.84. The zero-order valence-electron chi connectivity index (χ0n) is 14.6. The van der Waals surface area contributed by atoms with E-state index >= 15 is 0 Å². The van der Waals surface area contributed by atoms with Gasteiger partial charge in [0, 0.05) is 0 Å². The Bertz CT molecular complexity index is 580. The second-order valence-electron chi connectivity index (χ2n) is 6.40. The Balaban J connectivity index is 1.86. The molecular formula is C21H28O3. The average Bonchev–Trinajstić information content (AvgIpc) is 2.61. The highest BCUT2D eigenvalue weighted by Crippen LogP contribution is 2.25. The van der Waals surface area contributed by atoms with Crippen LogP contribution in [0.2, 0.25) is 0 Å². The molecule has 0 radical (unpaired) electrons. The lowest BCUT2D eigenvalue weighted by Gasteiger charge is -2.21. The Kier molecular flexibility index (Phi) is 7.29. The summed E-state index contributed by atoms with van der Waals surface area (Å²) in [6, 6.07) is 18.1. The van der Waals surface area contributed by atoms with Crippen LogP contribution in [0.25, 0.3) is 0 Å². The van der Waals surface area contributed by atoms with Gasteiger partial charge in [0.15, 0.2) is 0 Å². The highest BCUT2D eigenvalue weighted by atomic mass is 16.5. The lowest BCUT2D eigenvalue weighted by atomic mass is 9.92. The lowest BCUT2D eigenvalue weighted by molar-refractivity contribution is 0.00637. The van der Waals surface area contributed by atoms with E-state index in [9.17, 15) is 10.2 Å². The minimum atomic E-state index is -0.672. The van der Waals surface area contributed by atoms with Crippen molar-refractivity contribution in [3.05, 3.63) is 65.7 Å². The molecule has 2 N–H and O–H groups in total. The van der Waals surface area contributed by atoms with Crippen molar-refractivity contribution in [3.63, 3.8) is 0 Å². The van der Waals surface area contributed by atoms with Gasteiger partial charge in [-0.25, -0.2) is 0 Å². The number of hydrogen-bond acceptors (Lipinski definition) is 3. The minimum absolute atomic E-state index is 0.190. The molecule has 24 heavy (non-hydrogen) atoms. The fourth-order valence-corrected chi connectivity index (χ4v) is 2.78. The third-order valence-electron chi connectivity index (χ3n) is 4.32. The maximum absolute atomic E-state index is 10.1. The lowest BCUT2D eigenvalue weighted by Crippen LogP contribution is -2.27. The zero-order valence-corrected chi connectivity index (χ0v) is 14.6. The predicted octanol–water partition coefficient (Wildman–Crippen LogP) is 4.28. The first-order chi connectivity index (χ1) is 11.6. The monoisotopic (exact) mass is 328 g/mol. The Morgan fingerprint density at radius 1 is 0.917 bits per heavy atom. The summed E-state index contributed by atoms with van der Waals surface area (Å²) in [4.78, 5) is 0. The van der Waals surface area contributed by atoms with Gasteiger partial charge in [0.05, 0.1) is 12.2 Å². The maximum Gasteiger partial charge on any atom is 0.119 e. The molecule has 0 aromatic heterocycles. The number of aliphatic hydroxyl groups is 2. The second kappa shape index (κ2) is 9.45. The standard InChI is InChI=1S/C21H28O3/c1-3-7-20(22)21(23)14-16(2)18-10-12-19(13-11-18)24-15-17-8-5-4-6-9-17/h4-6,8-13,16,20-23H,3,7,14-15H2,1-2H3. The van der Waals surface area contributed by atoms with Crippen molar-refractivity contribution in [2.24, 2.45) is 0 Å². The highest BCUT2D eigenvalue weighted by molar-refractivity contribution is 5.29. The van der Waals surface area contributed by atoms with Crippen LogP contribution >= 0.6 is 0 Å². The van der Waals surface area contributed by atoms with Crippen LogP contribution in [0.4, 0.5) is 0 Å². The van der Waals surface area contributed by atoms with E-state index in [0.717, 1.165) is 23.3 Å². The van der Waals surface area contributed by atoms with E-state index in [1.54, 1.807) is 0 Å². The van der Waals surface area contributed by atoms with Crippen LogP contribution in [-0.4, -0.2) is 22.4 Å². The van der Waals surface area contributed by atoms with Crippen molar-refractivity contribution < 1.29 is 14.9 Å². The molecule has 3 unspecified atom stereocenters. The summed E-state index contributed by atoms with van der Waals surface area (Å²) in [5.74, 6) is 1.02. The van der Waals surface area contributed by atoms with E-state index < -0.39 is 12.2 Å². The van der Waals surface area contributed by atoms with E-state index in [2.05, 4.69) is 6.92 Å². The first kappa shape index (κ1) is 18.5. The van der Waals surface area contributed by atoms with Crippen LogP contribution < -0.4 is 4.74 Å². The molecular weight excluding hydrogens is 300 g/mol. The van der Waals surface area contributed by atoms with Crippen molar-refractivity contribution >= 4 is 0 Å². The average molecular weight is 328 g/mol. The smallest absolute Gasteiger partial charge is 0.119 e. The molecule has 3 atom stereocenters. The highest BCUT2D eigenvalue weighted by Gasteiger charge is 2.19. The molecule has 0 aliphatic rings. The van der Waals surface area contributed by atoms with Gasteiger partial charge in [-0.2, -0.15) is 0 Å². The minimum Gasteiger partial charge on any atom is -0.489 e. The molecule has 130 valence electrons. The van der Waals surface area contributed by atoms with Gasteiger partial charge < -0.3 is 14.9 Å². The molecule has 0 saturated carbocycles. The topological polar surface area (TPSA) is 49.7 Å². The largest absolute Gasteiger partial charge is 0.489 e. The fourth-order valence-electron chi connectivity index (χ4n) is 2.78.